The molecule has 5 heteroatoms. The SMILES string of the molecule is CCCCCCCCNC(N)=NCC1(CCOC)CC1.I. The highest BCUT2D eigenvalue weighted by Gasteiger charge is 2.41. The number of nitrogens with one attached hydrogen (secondary N) is 1. The van der Waals surface area contributed by atoms with Gasteiger partial charge in [-0.05, 0) is 31.1 Å². The van der Waals surface area contributed by atoms with E-state index in [9.17, 15) is 0 Å². The average Bonchev–Trinajstić information content (AvgIpc) is 3.23. The molecule has 0 amide bonds. The molecule has 0 aromatic heterocycles. The number of unbranched alkanes of at least 4 members (excludes halogenated alkanes) is 5. The normalized spacial score (nSPS) is 16.4. The van der Waals surface area contributed by atoms with Gasteiger partial charge in [-0.3, -0.25) is 4.99 Å². The van der Waals surface area contributed by atoms with Crippen LogP contribution in [0.4, 0.5) is 0 Å². The maximum absolute atomic E-state index is 5.91. The molecule has 126 valence electrons. The van der Waals surface area contributed by atoms with Gasteiger partial charge >= 0.3 is 0 Å². The first-order valence-corrected chi connectivity index (χ1v) is 8.25. The van der Waals surface area contributed by atoms with Crippen molar-refractivity contribution >= 4 is 29.9 Å². The number of nitrogens with zero attached hydrogens (tertiary/aromatic N) is 1. The van der Waals surface area contributed by atoms with Gasteiger partial charge in [0, 0.05) is 26.8 Å². The molecule has 0 saturated heterocycles. The molecule has 0 bridgehead atoms. The topological polar surface area (TPSA) is 59.6 Å². The Morgan fingerprint density at radius 2 is 1.86 bits per heavy atom. The summed E-state index contributed by atoms with van der Waals surface area (Å²) < 4.78 is 5.15. The van der Waals surface area contributed by atoms with E-state index in [0.29, 0.717) is 11.4 Å². The van der Waals surface area contributed by atoms with E-state index in [-0.39, 0.29) is 24.0 Å². The first kappa shape index (κ1) is 21.0. The Balaban J connectivity index is 0.00000400. The van der Waals surface area contributed by atoms with Gasteiger partial charge in [-0.2, -0.15) is 0 Å². The summed E-state index contributed by atoms with van der Waals surface area (Å²) in [6, 6.07) is 0. The Hall–Kier alpha value is -0.0400. The summed E-state index contributed by atoms with van der Waals surface area (Å²) in [6.07, 6.45) is 11.5. The molecule has 1 aliphatic rings. The number of halogens is 1. The Kier molecular flexibility index (Phi) is 12.5. The molecule has 0 aromatic rings. The number of hydrogen-bond acceptors (Lipinski definition) is 2. The van der Waals surface area contributed by atoms with Crippen LogP contribution in [-0.2, 0) is 4.74 Å². The molecule has 0 atom stereocenters. The summed E-state index contributed by atoms with van der Waals surface area (Å²) in [6.45, 7) is 4.89. The molecular formula is C16H34IN3O. The van der Waals surface area contributed by atoms with Crippen molar-refractivity contribution in [2.75, 3.05) is 26.8 Å². The minimum atomic E-state index is 0. The molecule has 1 fully saturated rings. The van der Waals surface area contributed by atoms with Crippen LogP contribution in [0.25, 0.3) is 0 Å². The standard InChI is InChI=1S/C16H33N3O.HI/c1-3-4-5-6-7-8-12-18-15(17)19-14-16(9-10-16)11-13-20-2;/h3-14H2,1-2H3,(H3,17,18,19);1H. The third-order valence-corrected chi connectivity index (χ3v) is 4.21. The molecule has 1 saturated carbocycles. The van der Waals surface area contributed by atoms with Gasteiger partial charge in [-0.25, -0.2) is 0 Å². The lowest BCUT2D eigenvalue weighted by molar-refractivity contribution is 0.174. The maximum atomic E-state index is 5.91. The summed E-state index contributed by atoms with van der Waals surface area (Å²) in [4.78, 5) is 4.49. The van der Waals surface area contributed by atoms with Gasteiger partial charge < -0.3 is 15.8 Å². The van der Waals surface area contributed by atoms with Gasteiger partial charge in [0.25, 0.3) is 0 Å². The number of hydrogen-bond donors (Lipinski definition) is 2. The fourth-order valence-corrected chi connectivity index (χ4v) is 2.41. The van der Waals surface area contributed by atoms with E-state index in [1.807, 2.05) is 0 Å². The van der Waals surface area contributed by atoms with Gasteiger partial charge in [0.15, 0.2) is 5.96 Å². The van der Waals surface area contributed by atoms with Crippen LogP contribution in [0.15, 0.2) is 4.99 Å². The monoisotopic (exact) mass is 411 g/mol. The van der Waals surface area contributed by atoms with Crippen molar-refractivity contribution < 1.29 is 4.74 Å². The van der Waals surface area contributed by atoms with Gasteiger partial charge in [-0.1, -0.05) is 39.0 Å². The molecule has 0 radical (unpaired) electrons. The molecule has 1 aliphatic carbocycles. The van der Waals surface area contributed by atoms with E-state index >= 15 is 0 Å². The molecule has 1 rings (SSSR count). The number of guanidine groups is 1. The van der Waals surface area contributed by atoms with Gasteiger partial charge in [-0.15, -0.1) is 24.0 Å². The molecule has 3 N–H and O–H groups in total. The minimum absolute atomic E-state index is 0. The quantitative estimate of drug-likeness (QED) is 0.223. The van der Waals surface area contributed by atoms with E-state index in [1.165, 1.54) is 51.4 Å². The van der Waals surface area contributed by atoms with Crippen LogP contribution in [0.5, 0.6) is 0 Å². The van der Waals surface area contributed by atoms with Crippen LogP contribution in [0.1, 0.15) is 64.7 Å². The molecular weight excluding hydrogens is 377 g/mol. The van der Waals surface area contributed by atoms with Crippen LogP contribution in [0.2, 0.25) is 0 Å². The highest BCUT2D eigenvalue weighted by atomic mass is 127. The maximum Gasteiger partial charge on any atom is 0.188 e. The largest absolute Gasteiger partial charge is 0.385 e. The second-order valence-corrected chi connectivity index (χ2v) is 6.14. The smallest absolute Gasteiger partial charge is 0.188 e. The first-order valence-electron chi connectivity index (χ1n) is 8.25. The van der Waals surface area contributed by atoms with Crippen LogP contribution < -0.4 is 11.1 Å². The highest BCUT2D eigenvalue weighted by molar-refractivity contribution is 14.0. The van der Waals surface area contributed by atoms with Gasteiger partial charge in [0.1, 0.15) is 0 Å². The van der Waals surface area contributed by atoms with Gasteiger partial charge in [0.2, 0.25) is 0 Å². The Bertz CT molecular complexity index is 281. The zero-order valence-electron chi connectivity index (χ0n) is 13.8. The zero-order valence-corrected chi connectivity index (χ0v) is 16.2. The van der Waals surface area contributed by atoms with Gasteiger partial charge in [0.05, 0.1) is 0 Å². The lowest BCUT2D eigenvalue weighted by Crippen LogP contribution is -2.33. The van der Waals surface area contributed by atoms with E-state index in [0.717, 1.165) is 26.1 Å². The Morgan fingerprint density at radius 1 is 1.19 bits per heavy atom. The second kappa shape index (κ2) is 12.5. The predicted molar refractivity (Wildman–Crippen MR) is 101 cm³/mol. The summed E-state index contributed by atoms with van der Waals surface area (Å²) in [5.74, 6) is 0.613. The molecule has 0 unspecified atom stereocenters. The number of nitrogens with two attached hydrogens (primary N) is 1. The molecule has 0 aromatic carbocycles. The minimum Gasteiger partial charge on any atom is -0.385 e. The zero-order chi connectivity index (χ0) is 14.7. The predicted octanol–water partition coefficient (Wildman–Crippen LogP) is 3.69. The number of rotatable bonds is 12. The molecule has 0 spiro atoms. The lowest BCUT2D eigenvalue weighted by atomic mass is 10.0. The van der Waals surface area contributed by atoms with Crippen molar-refractivity contribution in [3.05, 3.63) is 0 Å². The van der Waals surface area contributed by atoms with E-state index in [4.69, 9.17) is 10.5 Å². The second-order valence-electron chi connectivity index (χ2n) is 6.14. The van der Waals surface area contributed by atoms with Crippen molar-refractivity contribution in [2.45, 2.75) is 64.7 Å². The van der Waals surface area contributed by atoms with Crippen LogP contribution in [0, 0.1) is 5.41 Å². The number of aliphatic imine (C=N–C) groups is 1. The van der Waals surface area contributed by atoms with E-state index in [1.54, 1.807) is 7.11 Å². The van der Waals surface area contributed by atoms with Crippen molar-refractivity contribution in [3.8, 4) is 0 Å². The fraction of sp³-hybridized carbons (Fsp3) is 0.938. The van der Waals surface area contributed by atoms with Crippen molar-refractivity contribution in [2.24, 2.45) is 16.1 Å². The third-order valence-electron chi connectivity index (χ3n) is 4.21. The summed E-state index contributed by atoms with van der Waals surface area (Å²) in [7, 11) is 1.76. The number of ether oxygens (including phenoxy) is 1. The summed E-state index contributed by atoms with van der Waals surface area (Å²) in [5.41, 5.74) is 6.30. The van der Waals surface area contributed by atoms with Crippen molar-refractivity contribution in [1.82, 2.24) is 5.32 Å². The number of methoxy groups -OCH3 is 1. The van der Waals surface area contributed by atoms with E-state index < -0.39 is 0 Å². The summed E-state index contributed by atoms with van der Waals surface area (Å²) in [5, 5.41) is 3.23. The van der Waals surface area contributed by atoms with Crippen LogP contribution >= 0.6 is 24.0 Å². The average molecular weight is 411 g/mol. The van der Waals surface area contributed by atoms with Crippen molar-refractivity contribution in [3.63, 3.8) is 0 Å². The lowest BCUT2D eigenvalue weighted by Gasteiger charge is -2.12. The Morgan fingerprint density at radius 3 is 2.48 bits per heavy atom. The Labute approximate surface area is 147 Å². The van der Waals surface area contributed by atoms with Crippen LogP contribution in [0.3, 0.4) is 0 Å². The third kappa shape index (κ3) is 10.3. The fourth-order valence-electron chi connectivity index (χ4n) is 2.41. The molecule has 0 heterocycles. The van der Waals surface area contributed by atoms with E-state index in [2.05, 4.69) is 17.2 Å². The molecule has 21 heavy (non-hydrogen) atoms. The summed E-state index contributed by atoms with van der Waals surface area (Å²) >= 11 is 0. The van der Waals surface area contributed by atoms with Crippen LogP contribution in [-0.4, -0.2) is 32.8 Å². The molecule has 4 nitrogen and oxygen atoms in total. The molecule has 0 aliphatic heterocycles. The first-order chi connectivity index (χ1) is 9.72. The highest BCUT2D eigenvalue weighted by Crippen LogP contribution is 2.48. The van der Waals surface area contributed by atoms with Crippen molar-refractivity contribution in [1.29, 1.82) is 0 Å².